The van der Waals surface area contributed by atoms with Gasteiger partial charge in [-0.05, 0) is 5.56 Å². The van der Waals surface area contributed by atoms with Crippen LogP contribution in [0.25, 0.3) is 0 Å². The van der Waals surface area contributed by atoms with Gasteiger partial charge in [-0.2, -0.15) is 0 Å². The summed E-state index contributed by atoms with van der Waals surface area (Å²) in [6, 6.07) is 8.68. The van der Waals surface area contributed by atoms with Gasteiger partial charge in [0.25, 0.3) is 0 Å². The van der Waals surface area contributed by atoms with Crippen LogP contribution in [0, 0.1) is 0 Å². The van der Waals surface area contributed by atoms with E-state index < -0.39 is 21.5 Å². The Morgan fingerprint density at radius 1 is 1.24 bits per heavy atom. The van der Waals surface area contributed by atoms with Gasteiger partial charge in [-0.25, -0.2) is 8.42 Å². The van der Waals surface area contributed by atoms with Crippen molar-refractivity contribution in [3.8, 4) is 0 Å². The Labute approximate surface area is 100 Å². The Morgan fingerprint density at radius 3 is 2.47 bits per heavy atom. The molecule has 0 saturated carbocycles. The van der Waals surface area contributed by atoms with Crippen molar-refractivity contribution in [3.05, 3.63) is 35.9 Å². The molecule has 0 aliphatic rings. The highest BCUT2D eigenvalue weighted by Crippen LogP contribution is 2.05. The molecule has 5 nitrogen and oxygen atoms in total. The second-order valence-corrected chi connectivity index (χ2v) is 5.66. The molecular formula is C11H15NO4S. The Kier molecular flexibility index (Phi) is 5.11. The van der Waals surface area contributed by atoms with Crippen LogP contribution in [0.3, 0.4) is 0 Å². The molecule has 94 valence electrons. The number of nitrogens with one attached hydrogen (secondary N) is 1. The topological polar surface area (TPSA) is 83.5 Å². The zero-order valence-corrected chi connectivity index (χ0v) is 10.1. The van der Waals surface area contributed by atoms with Gasteiger partial charge in [0.2, 0.25) is 5.91 Å². The lowest BCUT2D eigenvalue weighted by molar-refractivity contribution is -0.118. The van der Waals surface area contributed by atoms with Crippen molar-refractivity contribution < 1.29 is 18.3 Å². The second-order valence-electron chi connectivity index (χ2n) is 3.59. The lowest BCUT2D eigenvalue weighted by atomic mass is 10.2. The minimum Gasteiger partial charge on any atom is -0.395 e. The quantitative estimate of drug-likeness (QED) is 0.733. The smallest absolute Gasteiger partial charge is 0.235 e. The summed E-state index contributed by atoms with van der Waals surface area (Å²) in [6.45, 7) is -0.135. The van der Waals surface area contributed by atoms with Crippen LogP contribution >= 0.6 is 0 Å². The molecular weight excluding hydrogens is 242 g/mol. The molecule has 1 rings (SSSR count). The summed E-state index contributed by atoms with van der Waals surface area (Å²) in [5.41, 5.74) is 0.655. The van der Waals surface area contributed by atoms with Crippen LogP contribution < -0.4 is 5.32 Å². The maximum atomic E-state index is 11.7. The van der Waals surface area contributed by atoms with Crippen LogP contribution in [0.5, 0.6) is 0 Å². The number of carbonyl (C=O) groups excluding carboxylic acids is 1. The van der Waals surface area contributed by atoms with Crippen LogP contribution in [0.4, 0.5) is 0 Å². The van der Waals surface area contributed by atoms with Crippen molar-refractivity contribution in [1.82, 2.24) is 5.32 Å². The molecule has 1 aromatic rings. The van der Waals surface area contributed by atoms with E-state index in [0.717, 1.165) is 0 Å². The summed E-state index contributed by atoms with van der Waals surface area (Å²) in [6.07, 6.45) is 0. The van der Waals surface area contributed by atoms with E-state index >= 15 is 0 Å². The number of hydrogen-bond acceptors (Lipinski definition) is 4. The fourth-order valence-corrected chi connectivity index (χ4v) is 2.63. The van der Waals surface area contributed by atoms with Gasteiger partial charge in [-0.3, -0.25) is 4.79 Å². The van der Waals surface area contributed by atoms with Gasteiger partial charge in [-0.15, -0.1) is 0 Å². The van der Waals surface area contributed by atoms with Gasteiger partial charge in [0.05, 0.1) is 12.4 Å². The first kappa shape index (κ1) is 13.7. The van der Waals surface area contributed by atoms with E-state index in [9.17, 15) is 13.2 Å². The Hall–Kier alpha value is -1.40. The number of carbonyl (C=O) groups is 1. The third-order valence-electron chi connectivity index (χ3n) is 2.01. The zero-order chi connectivity index (χ0) is 12.7. The van der Waals surface area contributed by atoms with E-state index in [0.29, 0.717) is 5.56 Å². The normalized spacial score (nSPS) is 11.1. The number of amides is 1. The summed E-state index contributed by atoms with van der Waals surface area (Å²) in [5.74, 6) is -1.29. The predicted octanol–water partition coefficient (Wildman–Crippen LogP) is -0.290. The van der Waals surface area contributed by atoms with Crippen LogP contribution in [0.15, 0.2) is 30.3 Å². The van der Waals surface area contributed by atoms with Crippen molar-refractivity contribution >= 4 is 15.7 Å². The summed E-state index contributed by atoms with van der Waals surface area (Å²) in [5, 5.41) is 10.8. The van der Waals surface area contributed by atoms with Crippen molar-refractivity contribution in [1.29, 1.82) is 0 Å². The molecule has 1 amide bonds. The van der Waals surface area contributed by atoms with E-state index in [-0.39, 0.29) is 18.9 Å². The first-order chi connectivity index (χ1) is 8.03. The fraction of sp³-hybridized carbons (Fsp3) is 0.364. The van der Waals surface area contributed by atoms with Crippen LogP contribution in [-0.2, 0) is 20.4 Å². The Balaban J connectivity index is 2.55. The standard InChI is InChI=1S/C11H15NO4S/c13-7-6-12-11(14)9-17(15,16)8-10-4-2-1-3-5-10/h1-5,13H,6-9H2,(H,12,14). The highest BCUT2D eigenvalue weighted by molar-refractivity contribution is 7.91. The number of benzene rings is 1. The number of aliphatic hydroxyl groups is 1. The average Bonchev–Trinajstić information content (AvgIpc) is 2.26. The van der Waals surface area contributed by atoms with Gasteiger partial charge in [0.1, 0.15) is 5.75 Å². The highest BCUT2D eigenvalue weighted by Gasteiger charge is 2.16. The lowest BCUT2D eigenvalue weighted by Gasteiger charge is -2.05. The maximum Gasteiger partial charge on any atom is 0.235 e. The molecule has 17 heavy (non-hydrogen) atoms. The van der Waals surface area contributed by atoms with Crippen LogP contribution in [0.2, 0.25) is 0 Å². The molecule has 0 saturated heterocycles. The first-order valence-electron chi connectivity index (χ1n) is 5.15. The van der Waals surface area contributed by atoms with Crippen molar-refractivity contribution in [2.75, 3.05) is 18.9 Å². The molecule has 0 heterocycles. The predicted molar refractivity (Wildman–Crippen MR) is 64.0 cm³/mol. The lowest BCUT2D eigenvalue weighted by Crippen LogP contribution is -2.32. The molecule has 1 aromatic carbocycles. The van der Waals surface area contributed by atoms with Gasteiger partial charge >= 0.3 is 0 Å². The van der Waals surface area contributed by atoms with Gasteiger partial charge in [0.15, 0.2) is 9.84 Å². The molecule has 0 unspecified atom stereocenters. The van der Waals surface area contributed by atoms with Gasteiger partial charge < -0.3 is 10.4 Å². The van der Waals surface area contributed by atoms with Crippen molar-refractivity contribution in [3.63, 3.8) is 0 Å². The molecule has 0 aliphatic carbocycles. The molecule has 0 atom stereocenters. The van der Waals surface area contributed by atoms with E-state index in [1.54, 1.807) is 30.3 Å². The maximum absolute atomic E-state index is 11.7. The number of aliphatic hydroxyl groups excluding tert-OH is 1. The zero-order valence-electron chi connectivity index (χ0n) is 9.30. The summed E-state index contributed by atoms with van der Waals surface area (Å²) >= 11 is 0. The van der Waals surface area contributed by atoms with Crippen LogP contribution in [0.1, 0.15) is 5.56 Å². The van der Waals surface area contributed by atoms with Crippen molar-refractivity contribution in [2.24, 2.45) is 0 Å². The van der Waals surface area contributed by atoms with E-state index in [1.807, 2.05) is 0 Å². The largest absolute Gasteiger partial charge is 0.395 e. The molecule has 0 fully saturated rings. The first-order valence-corrected chi connectivity index (χ1v) is 6.97. The minimum absolute atomic E-state index is 0.0691. The van der Waals surface area contributed by atoms with Gasteiger partial charge in [-0.1, -0.05) is 30.3 Å². The summed E-state index contributed by atoms with van der Waals surface area (Å²) in [4.78, 5) is 11.2. The van der Waals surface area contributed by atoms with Crippen LogP contribution in [-0.4, -0.2) is 38.3 Å². The van der Waals surface area contributed by atoms with E-state index in [2.05, 4.69) is 5.32 Å². The molecule has 0 bridgehead atoms. The summed E-state index contributed by atoms with van der Waals surface area (Å²) < 4.78 is 23.3. The number of sulfone groups is 1. The number of hydrogen-bond donors (Lipinski definition) is 2. The Morgan fingerprint density at radius 2 is 1.88 bits per heavy atom. The SMILES string of the molecule is O=C(CS(=O)(=O)Cc1ccccc1)NCCO. The fourth-order valence-electron chi connectivity index (χ4n) is 1.33. The van der Waals surface area contributed by atoms with E-state index in [4.69, 9.17) is 5.11 Å². The molecule has 0 radical (unpaired) electrons. The molecule has 6 heteroatoms. The van der Waals surface area contributed by atoms with E-state index in [1.165, 1.54) is 0 Å². The highest BCUT2D eigenvalue weighted by atomic mass is 32.2. The molecule has 0 aliphatic heterocycles. The third kappa shape index (κ3) is 5.46. The van der Waals surface area contributed by atoms with Crippen molar-refractivity contribution in [2.45, 2.75) is 5.75 Å². The monoisotopic (exact) mass is 257 g/mol. The summed E-state index contributed by atoms with van der Waals surface area (Å²) in [7, 11) is -3.46. The average molecular weight is 257 g/mol. The molecule has 0 aromatic heterocycles. The molecule has 0 spiro atoms. The van der Waals surface area contributed by atoms with Gasteiger partial charge in [0, 0.05) is 6.54 Å². The second kappa shape index (κ2) is 6.36. The minimum atomic E-state index is -3.46. The molecule has 2 N–H and O–H groups in total. The Bertz CT molecular complexity index is 456. The third-order valence-corrected chi connectivity index (χ3v) is 3.49. The number of rotatable bonds is 6.